The first-order chi connectivity index (χ1) is 9.67. The molecule has 0 bridgehead atoms. The fourth-order valence-corrected chi connectivity index (χ4v) is 3.56. The second kappa shape index (κ2) is 5.90. The van der Waals surface area contributed by atoms with Crippen molar-refractivity contribution in [1.82, 2.24) is 4.98 Å². The van der Waals surface area contributed by atoms with E-state index >= 15 is 0 Å². The van der Waals surface area contributed by atoms with Gasteiger partial charge < -0.3 is 4.43 Å². The lowest BCUT2D eigenvalue weighted by Gasteiger charge is -2.25. The van der Waals surface area contributed by atoms with Gasteiger partial charge in [0.05, 0.1) is 5.56 Å². The first-order valence-electron chi connectivity index (χ1n) is 6.41. The monoisotopic (exact) mass is 331 g/mol. The van der Waals surface area contributed by atoms with E-state index in [-0.39, 0.29) is 0 Å². The van der Waals surface area contributed by atoms with Crippen LogP contribution >= 0.6 is 11.3 Å². The van der Waals surface area contributed by atoms with Gasteiger partial charge in [0, 0.05) is 11.6 Å². The third kappa shape index (κ3) is 4.39. The molecule has 2 rings (SSSR count). The highest BCUT2D eigenvalue weighted by Gasteiger charge is 2.31. The van der Waals surface area contributed by atoms with Crippen molar-refractivity contribution in [3.8, 4) is 0 Å². The van der Waals surface area contributed by atoms with Crippen LogP contribution in [0.3, 0.4) is 0 Å². The van der Waals surface area contributed by atoms with Gasteiger partial charge in [-0.1, -0.05) is 12.1 Å². The zero-order chi connectivity index (χ0) is 15.7. The number of benzene rings is 1. The van der Waals surface area contributed by atoms with Gasteiger partial charge in [0.15, 0.2) is 8.32 Å². The number of thiazole rings is 1. The molecule has 0 aliphatic heterocycles. The summed E-state index contributed by atoms with van der Waals surface area (Å²) in [5.41, 5.74) is 0.0394. The van der Waals surface area contributed by atoms with Crippen LogP contribution < -0.4 is 0 Å². The Bertz CT molecular complexity index is 576. The van der Waals surface area contributed by atoms with E-state index in [0.29, 0.717) is 5.56 Å². The van der Waals surface area contributed by atoms with Crippen LogP contribution in [0.5, 0.6) is 0 Å². The van der Waals surface area contributed by atoms with E-state index in [0.717, 1.165) is 17.1 Å². The van der Waals surface area contributed by atoms with E-state index in [4.69, 9.17) is 4.43 Å². The summed E-state index contributed by atoms with van der Waals surface area (Å²) in [6.07, 6.45) is -3.06. The third-order valence-corrected chi connectivity index (χ3v) is 4.45. The molecule has 0 aliphatic rings. The lowest BCUT2D eigenvalue weighted by Crippen LogP contribution is -2.28. The smallest absolute Gasteiger partial charge is 0.404 e. The summed E-state index contributed by atoms with van der Waals surface area (Å²) in [5, 5.41) is 2.59. The standard InChI is InChI=1S/C14H16F3NOSSi/c1-21(2,3)19-12(13-18-8-9-20-13)10-4-6-11(7-5-10)14(15,16)17/h4-9,12H,1-3H3. The molecule has 1 aromatic heterocycles. The van der Waals surface area contributed by atoms with Crippen molar-refractivity contribution < 1.29 is 17.6 Å². The Morgan fingerprint density at radius 2 is 1.76 bits per heavy atom. The maximum absolute atomic E-state index is 12.6. The zero-order valence-electron chi connectivity index (χ0n) is 11.9. The highest BCUT2D eigenvalue weighted by molar-refractivity contribution is 7.09. The largest absolute Gasteiger partial charge is 0.416 e. The van der Waals surface area contributed by atoms with Crippen LogP contribution in [-0.4, -0.2) is 13.3 Å². The molecule has 2 nitrogen and oxygen atoms in total. The number of rotatable bonds is 4. The predicted octanol–water partition coefficient (Wildman–Crippen LogP) is 5.10. The molecule has 1 aromatic carbocycles. The van der Waals surface area contributed by atoms with Crippen LogP contribution in [-0.2, 0) is 10.6 Å². The van der Waals surface area contributed by atoms with Gasteiger partial charge in [-0.2, -0.15) is 13.2 Å². The fourth-order valence-electron chi connectivity index (χ4n) is 1.83. The molecule has 0 N–H and O–H groups in total. The molecule has 1 atom stereocenters. The molecule has 1 heterocycles. The summed E-state index contributed by atoms with van der Waals surface area (Å²) in [6.45, 7) is 6.12. The molecule has 2 aromatic rings. The normalized spacial score (nSPS) is 14.2. The minimum Gasteiger partial charge on any atom is -0.404 e. The molecule has 7 heteroatoms. The fraction of sp³-hybridized carbons (Fsp3) is 0.357. The molecule has 0 spiro atoms. The number of hydrogen-bond donors (Lipinski definition) is 0. The van der Waals surface area contributed by atoms with Crippen molar-refractivity contribution in [3.05, 3.63) is 52.0 Å². The quantitative estimate of drug-likeness (QED) is 0.727. The molecule has 0 amide bonds. The maximum Gasteiger partial charge on any atom is 0.416 e. The van der Waals surface area contributed by atoms with Crippen LogP contribution in [0.2, 0.25) is 19.6 Å². The Hall–Kier alpha value is -1.18. The highest BCUT2D eigenvalue weighted by Crippen LogP contribution is 2.34. The Balaban J connectivity index is 2.33. The molecule has 0 saturated carbocycles. The predicted molar refractivity (Wildman–Crippen MR) is 79.8 cm³/mol. The van der Waals surface area contributed by atoms with Crippen molar-refractivity contribution in [1.29, 1.82) is 0 Å². The van der Waals surface area contributed by atoms with E-state index in [1.54, 1.807) is 6.20 Å². The van der Waals surface area contributed by atoms with E-state index in [1.807, 2.05) is 25.0 Å². The Morgan fingerprint density at radius 3 is 2.19 bits per heavy atom. The van der Waals surface area contributed by atoms with Crippen LogP contribution in [0.1, 0.15) is 22.2 Å². The van der Waals surface area contributed by atoms with Gasteiger partial charge in [-0.05, 0) is 37.3 Å². The number of hydrogen-bond acceptors (Lipinski definition) is 3. The van der Waals surface area contributed by atoms with E-state index in [1.165, 1.54) is 23.5 Å². The molecule has 0 fully saturated rings. The maximum atomic E-state index is 12.6. The average molecular weight is 331 g/mol. The van der Waals surface area contributed by atoms with Gasteiger partial charge in [-0.25, -0.2) is 4.98 Å². The van der Waals surface area contributed by atoms with Crippen LogP contribution in [0.4, 0.5) is 13.2 Å². The number of aromatic nitrogens is 1. The van der Waals surface area contributed by atoms with Crippen molar-refractivity contribution in [2.75, 3.05) is 0 Å². The number of alkyl halides is 3. The van der Waals surface area contributed by atoms with Crippen molar-refractivity contribution in [2.45, 2.75) is 31.9 Å². The summed E-state index contributed by atoms with van der Waals surface area (Å²) in [6, 6.07) is 5.11. The summed E-state index contributed by atoms with van der Waals surface area (Å²) in [7, 11) is -1.87. The molecular weight excluding hydrogens is 315 g/mol. The number of nitrogens with zero attached hydrogens (tertiary/aromatic N) is 1. The molecule has 0 aliphatic carbocycles. The summed E-state index contributed by atoms with van der Waals surface area (Å²) < 4.78 is 44.0. The van der Waals surface area contributed by atoms with Gasteiger partial charge in [0.2, 0.25) is 0 Å². The molecular formula is C14H16F3NOSSi. The molecule has 0 radical (unpaired) electrons. The topological polar surface area (TPSA) is 22.1 Å². The third-order valence-electron chi connectivity index (χ3n) is 2.69. The van der Waals surface area contributed by atoms with Crippen LogP contribution in [0, 0.1) is 0 Å². The zero-order valence-corrected chi connectivity index (χ0v) is 13.8. The summed E-state index contributed by atoms with van der Waals surface area (Å²) >= 11 is 1.44. The molecule has 21 heavy (non-hydrogen) atoms. The number of halogens is 3. The second-order valence-corrected chi connectivity index (χ2v) is 11.0. The van der Waals surface area contributed by atoms with Gasteiger partial charge in [-0.15, -0.1) is 11.3 Å². The van der Waals surface area contributed by atoms with Gasteiger partial charge in [0.1, 0.15) is 11.1 Å². The van der Waals surface area contributed by atoms with Gasteiger partial charge in [-0.3, -0.25) is 0 Å². The van der Waals surface area contributed by atoms with Crippen LogP contribution in [0.25, 0.3) is 0 Å². The Kier molecular flexibility index (Phi) is 4.55. The van der Waals surface area contributed by atoms with Crippen molar-refractivity contribution in [3.63, 3.8) is 0 Å². The van der Waals surface area contributed by atoms with Gasteiger partial charge in [0.25, 0.3) is 0 Å². The summed E-state index contributed by atoms with van der Waals surface area (Å²) in [5.74, 6) is 0. The van der Waals surface area contributed by atoms with Crippen LogP contribution in [0.15, 0.2) is 35.8 Å². The minimum atomic E-state index is -4.32. The van der Waals surface area contributed by atoms with Crippen molar-refractivity contribution >= 4 is 19.7 Å². The Labute approximate surface area is 126 Å². The average Bonchev–Trinajstić information content (AvgIpc) is 2.88. The second-order valence-electron chi connectivity index (χ2n) is 5.60. The van der Waals surface area contributed by atoms with Gasteiger partial charge >= 0.3 is 6.18 Å². The lowest BCUT2D eigenvalue weighted by atomic mass is 10.1. The lowest BCUT2D eigenvalue weighted by molar-refractivity contribution is -0.137. The summed E-state index contributed by atoms with van der Waals surface area (Å²) in [4.78, 5) is 4.24. The molecule has 0 saturated heterocycles. The van der Waals surface area contributed by atoms with Crippen molar-refractivity contribution in [2.24, 2.45) is 0 Å². The van der Waals surface area contributed by atoms with E-state index in [2.05, 4.69) is 4.98 Å². The Morgan fingerprint density at radius 1 is 1.14 bits per heavy atom. The first-order valence-corrected chi connectivity index (χ1v) is 10.7. The van der Waals surface area contributed by atoms with E-state index < -0.39 is 26.2 Å². The van der Waals surface area contributed by atoms with E-state index in [9.17, 15) is 13.2 Å². The molecule has 114 valence electrons. The first kappa shape index (κ1) is 16.2. The highest BCUT2D eigenvalue weighted by atomic mass is 32.1. The molecule has 1 unspecified atom stereocenters. The SMILES string of the molecule is C[Si](C)(C)OC(c1ccc(C(F)(F)F)cc1)c1nccs1. The minimum absolute atomic E-state index is 0.404.